The number of likely N-dealkylation sites (N-methyl/N-ethyl adjacent to an activating group) is 1. The van der Waals surface area contributed by atoms with Crippen LogP contribution in [0.15, 0.2) is 24.3 Å². The number of benzene rings is 1. The van der Waals surface area contributed by atoms with Crippen molar-refractivity contribution in [1.29, 1.82) is 0 Å². The van der Waals surface area contributed by atoms with E-state index >= 15 is 0 Å². The van der Waals surface area contributed by atoms with Crippen molar-refractivity contribution in [2.75, 3.05) is 33.7 Å². The predicted molar refractivity (Wildman–Crippen MR) is 81.3 cm³/mol. The van der Waals surface area contributed by atoms with Crippen LogP contribution in [0.1, 0.15) is 23.6 Å². The average molecular weight is 275 g/mol. The summed E-state index contributed by atoms with van der Waals surface area (Å²) in [4.78, 5) is 16.2. The molecule has 0 saturated carbocycles. The third kappa shape index (κ3) is 3.38. The Bertz CT molecular complexity index is 455. The number of aryl methyl sites for hydroxylation is 1. The topological polar surface area (TPSA) is 49.6 Å². The Labute approximate surface area is 121 Å². The summed E-state index contributed by atoms with van der Waals surface area (Å²) in [5.41, 5.74) is 8.20. The zero-order chi connectivity index (χ0) is 14.7. The molecule has 1 saturated heterocycles. The quantitative estimate of drug-likeness (QED) is 0.884. The number of carbonyl (C=O) groups excluding carboxylic acids is 1. The van der Waals surface area contributed by atoms with Crippen molar-refractivity contribution in [2.24, 2.45) is 11.7 Å². The van der Waals surface area contributed by atoms with Crippen LogP contribution in [0.3, 0.4) is 0 Å². The van der Waals surface area contributed by atoms with Crippen molar-refractivity contribution in [3.63, 3.8) is 0 Å². The van der Waals surface area contributed by atoms with Crippen molar-refractivity contribution in [3.05, 3.63) is 35.4 Å². The lowest BCUT2D eigenvalue weighted by Gasteiger charge is -2.29. The van der Waals surface area contributed by atoms with Crippen LogP contribution in [-0.2, 0) is 4.79 Å². The molecule has 1 aromatic carbocycles. The molecule has 0 aromatic heterocycles. The van der Waals surface area contributed by atoms with E-state index < -0.39 is 0 Å². The molecule has 4 heteroatoms. The fourth-order valence-electron chi connectivity index (χ4n) is 2.75. The van der Waals surface area contributed by atoms with Crippen LogP contribution in [0.2, 0.25) is 0 Å². The van der Waals surface area contributed by atoms with Gasteiger partial charge in [0, 0.05) is 19.5 Å². The van der Waals surface area contributed by atoms with Gasteiger partial charge < -0.3 is 15.5 Å². The average Bonchev–Trinajstić information content (AvgIpc) is 2.77. The van der Waals surface area contributed by atoms with E-state index in [4.69, 9.17) is 5.73 Å². The van der Waals surface area contributed by atoms with Gasteiger partial charge in [-0.25, -0.2) is 0 Å². The summed E-state index contributed by atoms with van der Waals surface area (Å²) in [5.74, 6) is 0.558. The lowest BCUT2D eigenvalue weighted by Crippen LogP contribution is -2.36. The zero-order valence-electron chi connectivity index (χ0n) is 12.7. The largest absolute Gasteiger partial charge is 0.340 e. The molecule has 2 atom stereocenters. The highest BCUT2D eigenvalue weighted by atomic mass is 16.2. The molecule has 1 heterocycles. The normalized spacial score (nSPS) is 20.8. The van der Waals surface area contributed by atoms with E-state index in [9.17, 15) is 4.79 Å². The SMILES string of the molecule is Cc1ccc(C(CN2CC(CN)CC2=O)N(C)C)cc1. The molecule has 2 unspecified atom stereocenters. The molecule has 1 aliphatic rings. The Kier molecular flexibility index (Phi) is 4.78. The third-order valence-corrected chi connectivity index (χ3v) is 4.11. The fraction of sp³-hybridized carbons (Fsp3) is 0.562. The van der Waals surface area contributed by atoms with Gasteiger partial charge in [-0.1, -0.05) is 29.8 Å². The van der Waals surface area contributed by atoms with E-state index in [0.29, 0.717) is 18.9 Å². The Morgan fingerprint density at radius 2 is 2.00 bits per heavy atom. The number of amides is 1. The molecule has 0 spiro atoms. The van der Waals surface area contributed by atoms with E-state index in [1.54, 1.807) is 0 Å². The highest BCUT2D eigenvalue weighted by Crippen LogP contribution is 2.24. The van der Waals surface area contributed by atoms with E-state index in [2.05, 4.69) is 50.2 Å². The van der Waals surface area contributed by atoms with E-state index in [0.717, 1.165) is 13.1 Å². The highest BCUT2D eigenvalue weighted by Gasteiger charge is 2.31. The van der Waals surface area contributed by atoms with Crippen LogP contribution in [0.5, 0.6) is 0 Å². The number of rotatable bonds is 5. The Morgan fingerprint density at radius 1 is 1.35 bits per heavy atom. The Balaban J connectivity index is 2.10. The van der Waals surface area contributed by atoms with Crippen molar-refractivity contribution in [2.45, 2.75) is 19.4 Å². The monoisotopic (exact) mass is 275 g/mol. The minimum absolute atomic E-state index is 0.232. The summed E-state index contributed by atoms with van der Waals surface area (Å²) in [5, 5.41) is 0. The lowest BCUT2D eigenvalue weighted by atomic mass is 10.0. The predicted octanol–water partition coefficient (Wildman–Crippen LogP) is 1.40. The van der Waals surface area contributed by atoms with Gasteiger partial charge >= 0.3 is 0 Å². The van der Waals surface area contributed by atoms with Crippen LogP contribution in [0.25, 0.3) is 0 Å². The summed E-state index contributed by atoms with van der Waals surface area (Å²) >= 11 is 0. The van der Waals surface area contributed by atoms with Crippen LogP contribution in [0, 0.1) is 12.8 Å². The number of nitrogens with zero attached hydrogens (tertiary/aromatic N) is 2. The second kappa shape index (κ2) is 6.37. The molecule has 1 aliphatic heterocycles. The molecular weight excluding hydrogens is 250 g/mol. The number of carbonyl (C=O) groups is 1. The first-order chi connectivity index (χ1) is 9.51. The summed E-state index contributed by atoms with van der Waals surface area (Å²) in [6.45, 7) is 4.22. The molecule has 4 nitrogen and oxygen atoms in total. The van der Waals surface area contributed by atoms with Crippen molar-refractivity contribution in [3.8, 4) is 0 Å². The molecule has 0 radical (unpaired) electrons. The molecule has 1 aromatic rings. The molecule has 2 N–H and O–H groups in total. The minimum atomic E-state index is 0.232. The number of hydrogen-bond acceptors (Lipinski definition) is 3. The molecule has 0 bridgehead atoms. The van der Waals surface area contributed by atoms with Gasteiger partial charge in [-0.2, -0.15) is 0 Å². The summed E-state index contributed by atoms with van der Waals surface area (Å²) in [6, 6.07) is 8.79. The molecule has 20 heavy (non-hydrogen) atoms. The summed E-state index contributed by atoms with van der Waals surface area (Å²) in [6.07, 6.45) is 0.602. The number of hydrogen-bond donors (Lipinski definition) is 1. The molecule has 110 valence electrons. The first-order valence-corrected chi connectivity index (χ1v) is 7.22. The maximum Gasteiger partial charge on any atom is 0.223 e. The van der Waals surface area contributed by atoms with Gasteiger partial charge in [0.25, 0.3) is 0 Å². The second-order valence-electron chi connectivity index (χ2n) is 5.99. The molecule has 1 fully saturated rings. The zero-order valence-corrected chi connectivity index (χ0v) is 12.7. The van der Waals surface area contributed by atoms with E-state index in [-0.39, 0.29) is 11.9 Å². The maximum absolute atomic E-state index is 12.0. The smallest absolute Gasteiger partial charge is 0.223 e. The van der Waals surface area contributed by atoms with Crippen LogP contribution < -0.4 is 5.73 Å². The van der Waals surface area contributed by atoms with Gasteiger partial charge in [0.15, 0.2) is 0 Å². The number of nitrogens with two attached hydrogens (primary N) is 1. The van der Waals surface area contributed by atoms with E-state index in [1.807, 2.05) is 4.90 Å². The maximum atomic E-state index is 12.0. The van der Waals surface area contributed by atoms with Gasteiger partial charge in [0.2, 0.25) is 5.91 Å². The van der Waals surface area contributed by atoms with Gasteiger partial charge in [-0.3, -0.25) is 4.79 Å². The lowest BCUT2D eigenvalue weighted by molar-refractivity contribution is -0.128. The standard InChI is InChI=1S/C16H25N3O/c1-12-4-6-14(7-5-12)15(18(2)3)11-19-10-13(9-17)8-16(19)20/h4-7,13,15H,8-11,17H2,1-3H3. The van der Waals surface area contributed by atoms with E-state index in [1.165, 1.54) is 11.1 Å². The number of likely N-dealkylation sites (tertiary alicyclic amines) is 1. The first kappa shape index (κ1) is 15.0. The fourth-order valence-corrected chi connectivity index (χ4v) is 2.75. The van der Waals surface area contributed by atoms with Gasteiger partial charge in [0.1, 0.15) is 0 Å². The third-order valence-electron chi connectivity index (χ3n) is 4.11. The van der Waals surface area contributed by atoms with Gasteiger partial charge in [0.05, 0.1) is 6.04 Å². The summed E-state index contributed by atoms with van der Waals surface area (Å²) in [7, 11) is 4.12. The van der Waals surface area contributed by atoms with Crippen molar-refractivity contribution in [1.82, 2.24) is 9.80 Å². The summed E-state index contributed by atoms with van der Waals surface area (Å²) < 4.78 is 0. The Morgan fingerprint density at radius 3 is 2.50 bits per heavy atom. The highest BCUT2D eigenvalue weighted by molar-refractivity contribution is 5.78. The van der Waals surface area contributed by atoms with Crippen LogP contribution >= 0.6 is 0 Å². The second-order valence-corrected chi connectivity index (χ2v) is 5.99. The van der Waals surface area contributed by atoms with Crippen LogP contribution in [0.4, 0.5) is 0 Å². The molecule has 1 amide bonds. The molecule has 0 aliphatic carbocycles. The molecule has 2 rings (SSSR count). The van der Waals surface area contributed by atoms with Crippen LogP contribution in [-0.4, -0.2) is 49.4 Å². The van der Waals surface area contributed by atoms with Crippen molar-refractivity contribution >= 4 is 5.91 Å². The van der Waals surface area contributed by atoms with Gasteiger partial charge in [-0.05, 0) is 39.0 Å². The molecular formula is C16H25N3O. The first-order valence-electron chi connectivity index (χ1n) is 7.22. The van der Waals surface area contributed by atoms with Gasteiger partial charge in [-0.15, -0.1) is 0 Å². The van der Waals surface area contributed by atoms with Crippen molar-refractivity contribution < 1.29 is 4.79 Å². The Hall–Kier alpha value is -1.39. The minimum Gasteiger partial charge on any atom is -0.340 e.